The molecule has 0 spiro atoms. The van der Waals surface area contributed by atoms with Gasteiger partial charge >= 0.3 is 6.01 Å². The second-order valence-corrected chi connectivity index (χ2v) is 2.78. The molecule has 0 N–H and O–H groups in total. The zero-order valence-electron chi connectivity index (χ0n) is 8.02. The van der Waals surface area contributed by atoms with E-state index in [2.05, 4.69) is 9.97 Å². The first-order valence-corrected chi connectivity index (χ1v) is 4.18. The molecule has 0 bridgehead atoms. The molecule has 14 heavy (non-hydrogen) atoms. The van der Waals surface area contributed by atoms with E-state index in [-0.39, 0.29) is 0 Å². The number of hydrogen-bond donors (Lipinski definition) is 0. The lowest BCUT2D eigenvalue weighted by molar-refractivity contribution is 0.381. The minimum atomic E-state index is 0.377. The number of benzene rings is 1. The number of methoxy groups -OCH3 is 2. The second kappa shape index (κ2) is 3.49. The molecule has 0 atom stereocenters. The van der Waals surface area contributed by atoms with Gasteiger partial charge in [0.05, 0.1) is 19.7 Å². The number of fused-ring (bicyclic) bond motifs is 1. The highest BCUT2D eigenvalue weighted by atomic mass is 16.5. The van der Waals surface area contributed by atoms with E-state index in [1.165, 1.54) is 0 Å². The molecule has 72 valence electrons. The fourth-order valence-electron chi connectivity index (χ4n) is 1.22. The van der Waals surface area contributed by atoms with Crippen molar-refractivity contribution in [1.29, 1.82) is 0 Å². The summed E-state index contributed by atoms with van der Waals surface area (Å²) in [5.74, 6) is 0.797. The molecule has 4 nitrogen and oxygen atoms in total. The van der Waals surface area contributed by atoms with Crippen molar-refractivity contribution in [3.8, 4) is 11.8 Å². The summed E-state index contributed by atoms with van der Waals surface area (Å²) in [6, 6.07) is 5.99. The van der Waals surface area contributed by atoms with Crippen molar-refractivity contribution >= 4 is 10.9 Å². The van der Waals surface area contributed by atoms with Gasteiger partial charge < -0.3 is 9.47 Å². The van der Waals surface area contributed by atoms with Crippen molar-refractivity contribution in [2.24, 2.45) is 0 Å². The molecule has 0 amide bonds. The number of nitrogens with zero attached hydrogens (tertiary/aromatic N) is 2. The maximum absolute atomic E-state index is 5.09. The summed E-state index contributed by atoms with van der Waals surface area (Å²) in [7, 11) is 3.18. The fourth-order valence-corrected chi connectivity index (χ4v) is 1.22. The summed E-state index contributed by atoms with van der Waals surface area (Å²) in [5.41, 5.74) is 0.845. The van der Waals surface area contributed by atoms with Crippen LogP contribution >= 0.6 is 0 Å². The average molecular weight is 190 g/mol. The van der Waals surface area contributed by atoms with Crippen molar-refractivity contribution < 1.29 is 9.47 Å². The molecule has 2 rings (SSSR count). The molecular weight excluding hydrogens is 180 g/mol. The predicted molar refractivity (Wildman–Crippen MR) is 52.6 cm³/mol. The average Bonchev–Trinajstić information content (AvgIpc) is 2.27. The summed E-state index contributed by atoms with van der Waals surface area (Å²) in [6.07, 6.45) is 1.71. The molecule has 0 fully saturated rings. The highest BCUT2D eigenvalue weighted by Crippen LogP contribution is 2.19. The Morgan fingerprint density at radius 2 is 2.00 bits per heavy atom. The van der Waals surface area contributed by atoms with Crippen molar-refractivity contribution in [3.05, 3.63) is 24.4 Å². The first kappa shape index (κ1) is 8.74. The Morgan fingerprint density at radius 1 is 1.14 bits per heavy atom. The first-order valence-electron chi connectivity index (χ1n) is 4.18. The predicted octanol–water partition coefficient (Wildman–Crippen LogP) is 1.65. The lowest BCUT2D eigenvalue weighted by Crippen LogP contribution is -1.92. The smallest absolute Gasteiger partial charge is 0.316 e. The van der Waals surface area contributed by atoms with Gasteiger partial charge in [-0.1, -0.05) is 0 Å². The SMILES string of the molecule is COc1ccc2nc(OC)ncc2c1. The van der Waals surface area contributed by atoms with Gasteiger partial charge in [-0.3, -0.25) is 0 Å². The number of ether oxygens (including phenoxy) is 2. The van der Waals surface area contributed by atoms with E-state index in [0.29, 0.717) is 6.01 Å². The molecule has 4 heteroatoms. The standard InChI is InChI=1S/C10H10N2O2/c1-13-8-3-4-9-7(5-8)6-11-10(12-9)14-2/h3-6H,1-2H3. The molecule has 1 aromatic heterocycles. The van der Waals surface area contributed by atoms with Gasteiger partial charge in [0.15, 0.2) is 0 Å². The van der Waals surface area contributed by atoms with Crippen LogP contribution in [0.3, 0.4) is 0 Å². The largest absolute Gasteiger partial charge is 0.497 e. The molecule has 0 saturated carbocycles. The van der Waals surface area contributed by atoms with Crippen LogP contribution in [0, 0.1) is 0 Å². The topological polar surface area (TPSA) is 44.2 Å². The van der Waals surface area contributed by atoms with Gasteiger partial charge in [0.1, 0.15) is 5.75 Å². The zero-order valence-corrected chi connectivity index (χ0v) is 8.02. The summed E-state index contributed by atoms with van der Waals surface area (Å²) in [5, 5.41) is 0.935. The Kier molecular flexibility index (Phi) is 2.18. The zero-order chi connectivity index (χ0) is 9.97. The fraction of sp³-hybridized carbons (Fsp3) is 0.200. The minimum Gasteiger partial charge on any atom is -0.497 e. The minimum absolute atomic E-state index is 0.377. The van der Waals surface area contributed by atoms with Crippen LogP contribution in [0.25, 0.3) is 10.9 Å². The molecule has 2 aromatic rings. The van der Waals surface area contributed by atoms with E-state index in [4.69, 9.17) is 9.47 Å². The van der Waals surface area contributed by atoms with Gasteiger partial charge in [0.25, 0.3) is 0 Å². The Bertz CT molecular complexity index is 414. The highest BCUT2D eigenvalue weighted by molar-refractivity contribution is 5.79. The molecule has 1 heterocycles. The third-order valence-electron chi connectivity index (χ3n) is 1.95. The molecule has 0 unspecified atom stereocenters. The molecule has 0 aliphatic rings. The van der Waals surface area contributed by atoms with Gasteiger partial charge in [0.2, 0.25) is 0 Å². The second-order valence-electron chi connectivity index (χ2n) is 2.78. The van der Waals surface area contributed by atoms with Crippen LogP contribution in [0.5, 0.6) is 11.8 Å². The van der Waals surface area contributed by atoms with Gasteiger partial charge in [-0.05, 0) is 18.2 Å². The highest BCUT2D eigenvalue weighted by Gasteiger charge is 2.00. The number of rotatable bonds is 2. The quantitative estimate of drug-likeness (QED) is 0.722. The first-order chi connectivity index (χ1) is 6.83. The van der Waals surface area contributed by atoms with Crippen LogP contribution < -0.4 is 9.47 Å². The Morgan fingerprint density at radius 3 is 2.71 bits per heavy atom. The molecule has 0 saturated heterocycles. The van der Waals surface area contributed by atoms with Crippen LogP contribution in [0.1, 0.15) is 0 Å². The monoisotopic (exact) mass is 190 g/mol. The Balaban J connectivity index is 2.57. The maximum Gasteiger partial charge on any atom is 0.316 e. The number of hydrogen-bond acceptors (Lipinski definition) is 4. The summed E-state index contributed by atoms with van der Waals surface area (Å²) >= 11 is 0. The third kappa shape index (κ3) is 1.46. The van der Waals surface area contributed by atoms with Crippen molar-refractivity contribution in [2.75, 3.05) is 14.2 Å². The van der Waals surface area contributed by atoms with Gasteiger partial charge in [-0.15, -0.1) is 0 Å². The molecule has 0 aliphatic carbocycles. The molecular formula is C10H10N2O2. The van der Waals surface area contributed by atoms with Crippen LogP contribution in [0.15, 0.2) is 24.4 Å². The number of aromatic nitrogens is 2. The maximum atomic E-state index is 5.09. The van der Waals surface area contributed by atoms with E-state index >= 15 is 0 Å². The van der Waals surface area contributed by atoms with E-state index in [1.54, 1.807) is 20.4 Å². The molecule has 1 aromatic carbocycles. The summed E-state index contributed by atoms with van der Waals surface area (Å²) < 4.78 is 10.0. The lowest BCUT2D eigenvalue weighted by Gasteiger charge is -2.02. The van der Waals surface area contributed by atoms with Crippen molar-refractivity contribution in [1.82, 2.24) is 9.97 Å². The molecule has 0 aliphatic heterocycles. The van der Waals surface area contributed by atoms with Gasteiger partial charge in [0, 0.05) is 11.6 Å². The van der Waals surface area contributed by atoms with Crippen LogP contribution in [-0.2, 0) is 0 Å². The normalized spacial score (nSPS) is 10.1. The third-order valence-corrected chi connectivity index (χ3v) is 1.95. The van der Waals surface area contributed by atoms with E-state index in [1.807, 2.05) is 18.2 Å². The van der Waals surface area contributed by atoms with Gasteiger partial charge in [-0.25, -0.2) is 4.98 Å². The van der Waals surface area contributed by atoms with E-state index in [0.717, 1.165) is 16.7 Å². The van der Waals surface area contributed by atoms with Crippen LogP contribution in [0.2, 0.25) is 0 Å². The summed E-state index contributed by atoms with van der Waals surface area (Å²) in [6.45, 7) is 0. The van der Waals surface area contributed by atoms with E-state index in [9.17, 15) is 0 Å². The lowest BCUT2D eigenvalue weighted by atomic mass is 10.2. The van der Waals surface area contributed by atoms with Gasteiger partial charge in [-0.2, -0.15) is 4.98 Å². The Hall–Kier alpha value is -1.84. The van der Waals surface area contributed by atoms with Crippen molar-refractivity contribution in [3.63, 3.8) is 0 Å². The van der Waals surface area contributed by atoms with Crippen LogP contribution in [0.4, 0.5) is 0 Å². The van der Waals surface area contributed by atoms with Crippen molar-refractivity contribution in [2.45, 2.75) is 0 Å². The Labute approximate surface area is 81.5 Å². The van der Waals surface area contributed by atoms with E-state index < -0.39 is 0 Å². The van der Waals surface area contributed by atoms with Crippen LogP contribution in [-0.4, -0.2) is 24.2 Å². The summed E-state index contributed by atoms with van der Waals surface area (Å²) in [4.78, 5) is 8.19. The molecule has 0 radical (unpaired) electrons.